The quantitative estimate of drug-likeness (QED) is 0.704. The molecule has 8 nitrogen and oxygen atoms in total. The molecule has 2 aromatic rings. The first kappa shape index (κ1) is 21.6. The van der Waals surface area contributed by atoms with Crippen LogP contribution in [0.5, 0.6) is 5.75 Å². The Bertz CT molecular complexity index is 955. The van der Waals surface area contributed by atoms with Crippen LogP contribution in [0.15, 0.2) is 24.3 Å². The number of ether oxygens (including phenoxy) is 3. The van der Waals surface area contributed by atoms with Crippen molar-refractivity contribution in [2.45, 2.75) is 26.8 Å². The van der Waals surface area contributed by atoms with Gasteiger partial charge in [0.25, 0.3) is 5.91 Å². The largest absolute Gasteiger partial charge is 0.483 e. The molecule has 0 fully saturated rings. The molecule has 2 heterocycles. The first-order valence-corrected chi connectivity index (χ1v) is 10.4. The van der Waals surface area contributed by atoms with Crippen molar-refractivity contribution in [2.75, 3.05) is 32.2 Å². The van der Waals surface area contributed by atoms with Crippen LogP contribution in [0.2, 0.25) is 0 Å². The summed E-state index contributed by atoms with van der Waals surface area (Å²) in [6, 6.07) is 7.40. The number of methoxy groups -OCH3 is 1. The number of carbonyl (C=O) groups is 3. The van der Waals surface area contributed by atoms with E-state index in [0.717, 1.165) is 16.0 Å². The highest BCUT2D eigenvalue weighted by Gasteiger charge is 2.31. The summed E-state index contributed by atoms with van der Waals surface area (Å²) >= 11 is 1.26. The zero-order valence-electron chi connectivity index (χ0n) is 17.1. The second-order valence-electron chi connectivity index (χ2n) is 6.67. The van der Waals surface area contributed by atoms with Crippen molar-refractivity contribution in [3.8, 4) is 5.75 Å². The van der Waals surface area contributed by atoms with Gasteiger partial charge in [0.05, 0.1) is 25.8 Å². The topological polar surface area (TPSA) is 94.2 Å². The molecule has 2 amide bonds. The minimum atomic E-state index is -0.521. The molecule has 0 atom stereocenters. The molecular formula is C21H24N2O6S. The number of rotatable bonds is 6. The van der Waals surface area contributed by atoms with Gasteiger partial charge in [-0.3, -0.25) is 4.79 Å². The number of amides is 2. The highest BCUT2D eigenvalue weighted by molar-refractivity contribution is 7.17. The molecule has 0 aliphatic carbocycles. The smallest absolute Gasteiger partial charge is 0.410 e. The molecule has 0 radical (unpaired) electrons. The fraction of sp³-hybridized carbons (Fsp3) is 0.381. The number of thiophene rings is 1. The summed E-state index contributed by atoms with van der Waals surface area (Å²) in [7, 11) is 1.30. The standard InChI is InChI=1S/C21H24N2O6S/c1-4-28-21(26)23-10-9-14-16(11-23)30-19(18(14)20(25)27-3)22-17(24)12-29-15-8-6-5-7-13(15)2/h5-8H,4,9-12H2,1-3H3,(H,22,24). The predicted molar refractivity (Wildman–Crippen MR) is 112 cm³/mol. The molecule has 0 bridgehead atoms. The first-order valence-electron chi connectivity index (χ1n) is 9.57. The molecule has 1 aromatic carbocycles. The van der Waals surface area contributed by atoms with Gasteiger partial charge >= 0.3 is 12.1 Å². The Morgan fingerprint density at radius 3 is 2.70 bits per heavy atom. The number of nitrogens with one attached hydrogen (secondary N) is 1. The summed E-state index contributed by atoms with van der Waals surface area (Å²) in [5.41, 5.74) is 2.05. The number of hydrogen-bond acceptors (Lipinski definition) is 7. The number of nitrogens with zero attached hydrogens (tertiary/aromatic N) is 1. The van der Waals surface area contributed by atoms with Crippen LogP contribution in [0.25, 0.3) is 0 Å². The fourth-order valence-corrected chi connectivity index (χ4v) is 4.47. The maximum absolute atomic E-state index is 12.5. The Kier molecular flexibility index (Phi) is 6.94. The van der Waals surface area contributed by atoms with Gasteiger partial charge in [0.2, 0.25) is 0 Å². The lowest BCUT2D eigenvalue weighted by Gasteiger charge is -2.26. The van der Waals surface area contributed by atoms with E-state index in [-0.39, 0.29) is 12.5 Å². The number of esters is 1. The maximum atomic E-state index is 12.5. The molecule has 1 N–H and O–H groups in total. The highest BCUT2D eigenvalue weighted by atomic mass is 32.1. The van der Waals surface area contributed by atoms with E-state index in [2.05, 4.69) is 5.32 Å². The third-order valence-corrected chi connectivity index (χ3v) is 5.81. The van der Waals surface area contributed by atoms with E-state index in [0.29, 0.717) is 42.4 Å². The number of carbonyl (C=O) groups excluding carboxylic acids is 3. The molecule has 0 saturated carbocycles. The summed E-state index contributed by atoms with van der Waals surface area (Å²) in [4.78, 5) is 39.3. The van der Waals surface area contributed by atoms with Crippen LogP contribution in [0, 0.1) is 6.92 Å². The lowest BCUT2D eigenvalue weighted by Crippen LogP contribution is -2.36. The third-order valence-electron chi connectivity index (χ3n) is 4.68. The van der Waals surface area contributed by atoms with Gasteiger partial charge in [0.15, 0.2) is 6.61 Å². The first-order chi connectivity index (χ1) is 14.4. The highest BCUT2D eigenvalue weighted by Crippen LogP contribution is 2.37. The summed E-state index contributed by atoms with van der Waals surface area (Å²) in [5.74, 6) is -0.284. The van der Waals surface area contributed by atoms with E-state index in [4.69, 9.17) is 14.2 Å². The van der Waals surface area contributed by atoms with Gasteiger partial charge in [-0.15, -0.1) is 11.3 Å². The Morgan fingerprint density at radius 1 is 1.23 bits per heavy atom. The number of hydrogen-bond donors (Lipinski definition) is 1. The van der Waals surface area contributed by atoms with E-state index in [1.54, 1.807) is 17.9 Å². The van der Waals surface area contributed by atoms with E-state index in [9.17, 15) is 14.4 Å². The van der Waals surface area contributed by atoms with E-state index < -0.39 is 12.1 Å². The van der Waals surface area contributed by atoms with Crippen molar-refractivity contribution in [1.29, 1.82) is 0 Å². The van der Waals surface area contributed by atoms with Crippen LogP contribution in [-0.2, 0) is 27.2 Å². The van der Waals surface area contributed by atoms with Crippen LogP contribution in [-0.4, -0.2) is 49.7 Å². The van der Waals surface area contributed by atoms with Gasteiger partial charge in [0, 0.05) is 11.4 Å². The minimum absolute atomic E-state index is 0.191. The van der Waals surface area contributed by atoms with Gasteiger partial charge < -0.3 is 24.4 Å². The molecule has 30 heavy (non-hydrogen) atoms. The van der Waals surface area contributed by atoms with Gasteiger partial charge in [-0.2, -0.15) is 0 Å². The van der Waals surface area contributed by atoms with Crippen molar-refractivity contribution < 1.29 is 28.6 Å². The molecule has 3 rings (SSSR count). The normalized spacial score (nSPS) is 12.7. The molecular weight excluding hydrogens is 408 g/mol. The second kappa shape index (κ2) is 9.62. The van der Waals surface area contributed by atoms with Gasteiger partial charge in [0.1, 0.15) is 10.8 Å². The van der Waals surface area contributed by atoms with Crippen molar-refractivity contribution in [3.63, 3.8) is 0 Å². The van der Waals surface area contributed by atoms with Gasteiger partial charge in [-0.1, -0.05) is 18.2 Å². The average molecular weight is 432 g/mol. The molecule has 9 heteroatoms. The SMILES string of the molecule is CCOC(=O)N1CCc2c(sc(NC(=O)COc3ccccc3C)c2C(=O)OC)C1. The number of para-hydroxylation sites is 1. The van der Waals surface area contributed by atoms with Crippen molar-refractivity contribution in [1.82, 2.24) is 4.90 Å². The molecule has 1 aromatic heterocycles. The minimum Gasteiger partial charge on any atom is -0.483 e. The van der Waals surface area contributed by atoms with Crippen LogP contribution in [0.4, 0.5) is 9.80 Å². The number of anilines is 1. The Morgan fingerprint density at radius 2 is 2.00 bits per heavy atom. The molecule has 0 saturated heterocycles. The molecule has 160 valence electrons. The van der Waals surface area contributed by atoms with E-state index >= 15 is 0 Å². The lowest BCUT2D eigenvalue weighted by molar-refractivity contribution is -0.118. The summed E-state index contributed by atoms with van der Waals surface area (Å²) < 4.78 is 15.6. The number of fused-ring (bicyclic) bond motifs is 1. The predicted octanol–water partition coefficient (Wildman–Crippen LogP) is 3.38. The summed E-state index contributed by atoms with van der Waals surface area (Å²) in [6.07, 6.45) is 0.0818. The van der Waals surface area contributed by atoms with Gasteiger partial charge in [-0.05, 0) is 37.5 Å². The van der Waals surface area contributed by atoms with Crippen LogP contribution in [0.3, 0.4) is 0 Å². The molecule has 0 spiro atoms. The van der Waals surface area contributed by atoms with Crippen molar-refractivity contribution in [2.24, 2.45) is 0 Å². The maximum Gasteiger partial charge on any atom is 0.410 e. The third kappa shape index (κ3) is 4.73. The second-order valence-corrected chi connectivity index (χ2v) is 7.78. The van der Waals surface area contributed by atoms with Gasteiger partial charge in [-0.25, -0.2) is 9.59 Å². The Balaban J connectivity index is 1.76. The Labute approximate surface area is 178 Å². The zero-order chi connectivity index (χ0) is 21.7. The monoisotopic (exact) mass is 432 g/mol. The zero-order valence-corrected chi connectivity index (χ0v) is 18.0. The number of benzene rings is 1. The van der Waals surface area contributed by atoms with Crippen LogP contribution >= 0.6 is 11.3 Å². The van der Waals surface area contributed by atoms with E-state index in [1.807, 2.05) is 25.1 Å². The lowest BCUT2D eigenvalue weighted by atomic mass is 10.0. The average Bonchev–Trinajstić information content (AvgIpc) is 3.09. The van der Waals surface area contributed by atoms with Crippen LogP contribution < -0.4 is 10.1 Å². The Hall–Kier alpha value is -3.07. The fourth-order valence-electron chi connectivity index (χ4n) is 3.20. The molecule has 1 aliphatic heterocycles. The number of aryl methyl sites for hydroxylation is 1. The van der Waals surface area contributed by atoms with E-state index in [1.165, 1.54) is 18.4 Å². The molecule has 0 unspecified atom stereocenters. The van der Waals surface area contributed by atoms with Crippen molar-refractivity contribution in [3.05, 3.63) is 45.8 Å². The summed E-state index contributed by atoms with van der Waals surface area (Å²) in [5, 5.41) is 3.16. The summed E-state index contributed by atoms with van der Waals surface area (Å²) in [6.45, 7) is 4.49. The molecule has 1 aliphatic rings. The van der Waals surface area contributed by atoms with Crippen molar-refractivity contribution >= 4 is 34.3 Å². The van der Waals surface area contributed by atoms with Crippen LogP contribution in [0.1, 0.15) is 33.3 Å².